The van der Waals surface area contributed by atoms with E-state index >= 15 is 0 Å². The Morgan fingerprint density at radius 2 is 1.88 bits per heavy atom. The lowest BCUT2D eigenvalue weighted by molar-refractivity contribution is 0.415. The Hall–Kier alpha value is -4.21. The average molecular weight is 461 g/mol. The molecule has 0 fully saturated rings. The van der Waals surface area contributed by atoms with Crippen LogP contribution < -0.4 is 15.6 Å². The van der Waals surface area contributed by atoms with E-state index in [4.69, 9.17) is 4.74 Å². The highest BCUT2D eigenvalue weighted by atomic mass is 16.5. The molecule has 1 aromatic carbocycles. The van der Waals surface area contributed by atoms with Crippen LogP contribution in [-0.4, -0.2) is 41.8 Å². The monoisotopic (exact) mass is 460 g/mol. The second-order valence-corrected chi connectivity index (χ2v) is 8.21. The number of anilines is 1. The number of pyridine rings is 1. The molecular weight excluding hydrogens is 432 g/mol. The van der Waals surface area contributed by atoms with Crippen LogP contribution in [0.3, 0.4) is 0 Å². The fourth-order valence-corrected chi connectivity index (χ4v) is 3.94. The first-order chi connectivity index (χ1) is 15.9. The predicted octanol–water partition coefficient (Wildman–Crippen LogP) is 4.05. The van der Waals surface area contributed by atoms with Gasteiger partial charge in [0.2, 0.25) is 0 Å². The zero-order valence-corrected chi connectivity index (χ0v) is 18.7. The van der Waals surface area contributed by atoms with E-state index in [0.717, 1.165) is 11.0 Å². The highest BCUT2D eigenvalue weighted by Gasteiger charge is 2.25. The number of rotatable bonds is 6. The number of hydrogen-bond donors (Lipinski definition) is 3. The van der Waals surface area contributed by atoms with Crippen molar-refractivity contribution in [1.29, 1.82) is 0 Å². The van der Waals surface area contributed by atoms with Crippen molar-refractivity contribution in [3.8, 4) is 17.1 Å². The number of nitrogens with one attached hydrogen (secondary N) is 3. The topological polar surface area (TPSA) is 126 Å². The van der Waals surface area contributed by atoms with E-state index in [1.165, 1.54) is 0 Å². The number of methoxy groups -OCH3 is 1. The van der Waals surface area contributed by atoms with Gasteiger partial charge in [0.1, 0.15) is 22.7 Å². The second kappa shape index (κ2) is 8.97. The van der Waals surface area contributed by atoms with E-state index in [1.54, 1.807) is 36.4 Å². The van der Waals surface area contributed by atoms with Gasteiger partial charge < -0.3 is 20.0 Å². The lowest BCUT2D eigenvalue weighted by Gasteiger charge is -2.23. The van der Waals surface area contributed by atoms with Gasteiger partial charge in [0.15, 0.2) is 5.82 Å². The maximum absolute atomic E-state index is 13.3. The van der Waals surface area contributed by atoms with Gasteiger partial charge in [-0.15, -0.1) is 0 Å². The third-order valence-corrected chi connectivity index (χ3v) is 5.55. The summed E-state index contributed by atoms with van der Waals surface area (Å²) in [7, 11) is 3.42. The van der Waals surface area contributed by atoms with Crippen LogP contribution in [0, 0.1) is 5.92 Å². The number of fused-ring (bicyclic) bond motifs is 2. The van der Waals surface area contributed by atoms with E-state index in [1.807, 2.05) is 25.2 Å². The van der Waals surface area contributed by atoms with Crippen LogP contribution in [0.15, 0.2) is 47.7 Å². The highest BCUT2D eigenvalue weighted by Crippen LogP contribution is 2.34. The molecule has 0 unspecified atom stereocenters. The smallest absolute Gasteiger partial charge is 0.261 e. The van der Waals surface area contributed by atoms with Crippen LogP contribution >= 0.6 is 0 Å². The second-order valence-electron chi connectivity index (χ2n) is 8.21. The molecule has 4 heterocycles. The van der Waals surface area contributed by atoms with Crippen molar-refractivity contribution in [3.05, 3.63) is 59.0 Å². The van der Waals surface area contributed by atoms with Gasteiger partial charge in [0.25, 0.3) is 5.56 Å². The number of hydrogen-bond acceptors (Lipinski definition) is 7. The van der Waals surface area contributed by atoms with Gasteiger partial charge in [0, 0.05) is 31.7 Å². The minimum Gasteiger partial charge on any atom is -0.497 e. The summed E-state index contributed by atoms with van der Waals surface area (Å²) in [6, 6.07) is 7.06. The molecule has 0 radical (unpaired) electrons. The number of H-pyrrole nitrogens is 2. The van der Waals surface area contributed by atoms with E-state index in [-0.39, 0.29) is 24.9 Å². The molecule has 5 rings (SSSR count). The largest absolute Gasteiger partial charge is 0.497 e. The van der Waals surface area contributed by atoms with Gasteiger partial charge in [-0.25, -0.2) is 15.0 Å². The third kappa shape index (κ3) is 3.98. The van der Waals surface area contributed by atoms with Crippen molar-refractivity contribution in [2.75, 3.05) is 12.4 Å². The summed E-state index contributed by atoms with van der Waals surface area (Å²) >= 11 is 0. The van der Waals surface area contributed by atoms with Gasteiger partial charge in [-0.3, -0.25) is 9.48 Å². The van der Waals surface area contributed by atoms with Crippen molar-refractivity contribution in [3.63, 3.8) is 0 Å². The van der Waals surface area contributed by atoms with Crippen molar-refractivity contribution < 1.29 is 4.74 Å². The number of aryl methyl sites for hydroxylation is 1. The molecule has 0 spiro atoms. The molecule has 1 atom stereocenters. The maximum atomic E-state index is 13.3. The Bertz CT molecular complexity index is 1500. The van der Waals surface area contributed by atoms with Crippen molar-refractivity contribution in [2.45, 2.75) is 27.3 Å². The molecular formula is C24H28N8O2. The molecule has 176 valence electrons. The Labute approximate surface area is 196 Å². The molecule has 0 amide bonds. The maximum Gasteiger partial charge on any atom is 0.261 e. The minimum absolute atomic E-state index is 0. The van der Waals surface area contributed by atoms with Crippen LogP contribution in [0.1, 0.15) is 33.1 Å². The summed E-state index contributed by atoms with van der Waals surface area (Å²) < 4.78 is 6.99. The molecule has 0 aliphatic rings. The third-order valence-electron chi connectivity index (χ3n) is 5.55. The molecule has 4 aromatic heterocycles. The molecule has 10 heteroatoms. The zero-order valence-electron chi connectivity index (χ0n) is 18.7. The zero-order chi connectivity index (χ0) is 23.1. The Balaban J connectivity index is 0.00000274. The summed E-state index contributed by atoms with van der Waals surface area (Å²) in [6.45, 7) is 4.15. The molecule has 0 aliphatic carbocycles. The Morgan fingerprint density at radius 3 is 2.59 bits per heavy atom. The fourth-order valence-electron chi connectivity index (χ4n) is 3.94. The molecule has 0 bridgehead atoms. The molecule has 0 saturated carbocycles. The van der Waals surface area contributed by atoms with Crippen LogP contribution in [0.5, 0.6) is 5.75 Å². The lowest BCUT2D eigenvalue weighted by atomic mass is 10.0. The highest BCUT2D eigenvalue weighted by molar-refractivity contribution is 5.96. The number of aromatic amines is 2. The first kappa shape index (κ1) is 23.0. The van der Waals surface area contributed by atoms with Crippen molar-refractivity contribution >= 4 is 27.8 Å². The molecule has 5 aromatic rings. The number of benzene rings is 1. The van der Waals surface area contributed by atoms with E-state index in [9.17, 15) is 4.79 Å². The minimum atomic E-state index is -0.277. The average Bonchev–Trinajstić information content (AvgIpc) is 3.38. The van der Waals surface area contributed by atoms with E-state index in [0.29, 0.717) is 39.7 Å². The fraction of sp³-hybridized carbons (Fsp3) is 0.292. The Morgan fingerprint density at radius 1 is 1.12 bits per heavy atom. The summed E-state index contributed by atoms with van der Waals surface area (Å²) in [4.78, 5) is 33.1. The number of nitrogens with zero attached hydrogens (tertiary/aromatic N) is 5. The summed E-state index contributed by atoms with van der Waals surface area (Å²) in [6.07, 6.45) is 5.20. The summed E-state index contributed by atoms with van der Waals surface area (Å²) in [5.41, 5.74) is 3.42. The number of ether oxygens (including phenoxy) is 1. The summed E-state index contributed by atoms with van der Waals surface area (Å²) in [5.74, 6) is 1.91. The van der Waals surface area contributed by atoms with Crippen molar-refractivity contribution in [1.82, 2.24) is 34.7 Å². The van der Waals surface area contributed by atoms with Crippen LogP contribution in [0.2, 0.25) is 0 Å². The first-order valence-electron chi connectivity index (χ1n) is 10.6. The standard InChI is InChI=1S/C23H24N8O2.CH4/c1-12(2)18(22-24-8-5-9-25-22)29-20-17(23(32)28-16-11-31(3)30-19(16)20)21-26-14-7-6-13(33-4)10-15(14)27-21;/h5-12,18,29H,1-4H3,(H,26,27)(H,28,32);1H4/t18-;/m0./s1. The number of imidazole rings is 1. The quantitative estimate of drug-likeness (QED) is 0.349. The van der Waals surface area contributed by atoms with Gasteiger partial charge in [-0.1, -0.05) is 21.3 Å². The normalized spacial score (nSPS) is 12.1. The van der Waals surface area contributed by atoms with Gasteiger partial charge in [-0.05, 0) is 24.1 Å². The van der Waals surface area contributed by atoms with E-state index < -0.39 is 0 Å². The predicted molar refractivity (Wildman–Crippen MR) is 133 cm³/mol. The van der Waals surface area contributed by atoms with Crippen LogP contribution in [0.25, 0.3) is 33.5 Å². The van der Waals surface area contributed by atoms with E-state index in [2.05, 4.69) is 49.2 Å². The molecule has 3 N–H and O–H groups in total. The molecule has 0 aliphatic heterocycles. The molecule has 34 heavy (non-hydrogen) atoms. The lowest BCUT2D eigenvalue weighted by Crippen LogP contribution is -2.22. The molecule has 10 nitrogen and oxygen atoms in total. The van der Waals surface area contributed by atoms with Gasteiger partial charge >= 0.3 is 0 Å². The summed E-state index contributed by atoms with van der Waals surface area (Å²) in [5, 5.41) is 8.13. The van der Waals surface area contributed by atoms with Gasteiger partial charge in [0.05, 0.1) is 35.4 Å². The number of aromatic nitrogens is 7. The Kier molecular flexibility index (Phi) is 6.06. The van der Waals surface area contributed by atoms with Crippen LogP contribution in [-0.2, 0) is 7.05 Å². The molecule has 0 saturated heterocycles. The van der Waals surface area contributed by atoms with Gasteiger partial charge in [-0.2, -0.15) is 5.10 Å². The first-order valence-corrected chi connectivity index (χ1v) is 10.6. The van der Waals surface area contributed by atoms with Crippen LogP contribution in [0.4, 0.5) is 5.69 Å². The SMILES string of the molecule is C.COc1ccc2nc(-c3c(N[C@H](c4ncccn4)C(C)C)c4nn(C)cc4[nH]c3=O)[nH]c2c1. The van der Waals surface area contributed by atoms with Crippen molar-refractivity contribution in [2.24, 2.45) is 13.0 Å².